The van der Waals surface area contributed by atoms with E-state index in [9.17, 15) is 0 Å². The molecule has 100 heavy (non-hydrogen) atoms. The molecule has 8 saturated carbocycles. The molecule has 0 bridgehead atoms. The van der Waals surface area contributed by atoms with Crippen molar-refractivity contribution in [1.82, 2.24) is 0 Å². The molecule has 4 radical (unpaired) electrons. The Morgan fingerprint density at radius 1 is 0.350 bits per heavy atom. The Morgan fingerprint density at radius 2 is 0.540 bits per heavy atom. The van der Waals surface area contributed by atoms with Crippen LogP contribution in [0.4, 0.5) is 0 Å². The van der Waals surface area contributed by atoms with Crippen molar-refractivity contribution in [1.29, 1.82) is 0 Å². The summed E-state index contributed by atoms with van der Waals surface area (Å²) in [4.78, 5) is 0. The van der Waals surface area contributed by atoms with Crippen molar-refractivity contribution < 1.29 is 188 Å². The van der Waals surface area contributed by atoms with Crippen LogP contribution in [0.15, 0.2) is 23.9 Å². The minimum Gasteiger partial charge on any atom is 0 e. The van der Waals surface area contributed by atoms with Crippen LogP contribution < -0.4 is 0 Å². The van der Waals surface area contributed by atoms with Crippen LogP contribution in [0.25, 0.3) is 10.6 Å². The number of aliphatic hydroxyl groups is 12. The third-order valence-electron chi connectivity index (χ3n) is 20.7. The van der Waals surface area contributed by atoms with E-state index in [1.54, 1.807) is 275 Å². The number of aliphatic hydroxyl groups excluding tert-OH is 6. The molecule has 1 saturated heterocycles. The topological polar surface area (TPSA) is 397 Å². The van der Waals surface area contributed by atoms with Gasteiger partial charge in [-0.2, -0.15) is 6.20 Å². The molecule has 0 unspecified atom stereocenters. The number of rotatable bonds is 14. The number of halogens is 2. The van der Waals surface area contributed by atoms with Crippen LogP contribution in [0.2, 0.25) is 0 Å². The Labute approximate surface area is 683 Å². The van der Waals surface area contributed by atoms with Gasteiger partial charge in [-0.15, -0.1) is 19.6 Å². The maximum absolute atomic E-state index is 8.69. The fourth-order valence-corrected chi connectivity index (χ4v) is 41.3. The number of hydrogen-bond donors (Lipinski definition) is 12. The molecule has 20 N–H and O–H groups in total. The zero-order chi connectivity index (χ0) is 67.7. The third-order valence-corrected chi connectivity index (χ3v) is 52.5. The summed E-state index contributed by atoms with van der Waals surface area (Å²) < 4.78 is 0. The van der Waals surface area contributed by atoms with Crippen LogP contribution in [0, 0.1) is 5.92 Å². The predicted molar refractivity (Wildman–Crippen MR) is 407 cm³/mol. The summed E-state index contributed by atoms with van der Waals surface area (Å²) in [6, 6.07) is 0. The molecule has 30 heteroatoms. The van der Waals surface area contributed by atoms with Gasteiger partial charge in [0.1, 0.15) is 25.2 Å². The van der Waals surface area contributed by atoms with E-state index in [2.05, 4.69) is 10.6 Å². The van der Waals surface area contributed by atoms with Gasteiger partial charge in [0.25, 0.3) is 0 Å². The molecule has 2 heterocycles. The van der Waals surface area contributed by atoms with E-state index < -0.39 is 37.7 Å². The molecule has 8 aliphatic carbocycles. The quantitative estimate of drug-likeness (QED) is 0.0439. The molecule has 18 nitrogen and oxygen atoms in total. The smallest absolute Gasteiger partial charge is 0 e. The molecule has 9 fully saturated rings. The van der Waals surface area contributed by atoms with E-state index in [-0.39, 0.29) is 164 Å². The number of hydrogen-bond acceptors (Lipinski definition) is 12. The third kappa shape index (κ3) is 59.4. The molecule has 10 aliphatic rings. The summed E-state index contributed by atoms with van der Waals surface area (Å²) in [5, 5.41) is 103. The first kappa shape index (κ1) is 118. The van der Waals surface area contributed by atoms with Crippen LogP contribution in [0.3, 0.4) is 0 Å². The maximum Gasteiger partial charge on any atom is 0 e. The van der Waals surface area contributed by atoms with Crippen LogP contribution in [-0.4, -0.2) is 198 Å². The van der Waals surface area contributed by atoms with E-state index in [0.29, 0.717) is 12.1 Å². The molecule has 0 aromatic carbocycles. The Hall–Kier alpha value is 4.72. The number of piperidine rings is 1. The Balaban J connectivity index is -0.000000219. The van der Waals surface area contributed by atoms with E-state index in [1.807, 2.05) is 11.8 Å². The van der Waals surface area contributed by atoms with Gasteiger partial charge in [0.15, 0.2) is 24.4 Å². The Morgan fingerprint density at radius 3 is 0.660 bits per heavy atom. The second-order valence-electron chi connectivity index (χ2n) is 28.1. The summed E-state index contributed by atoms with van der Waals surface area (Å²) in [7, 11) is 10.2. The van der Waals surface area contributed by atoms with Crippen molar-refractivity contribution in [2.45, 2.75) is 380 Å². The normalized spacial score (nSPS) is 20.5. The molecular formula is C70H148Cl2N2O16P4Re2Rh4+2. The molecule has 0 spiro atoms. The van der Waals surface area contributed by atoms with Crippen LogP contribution >= 0.6 is 50.7 Å². The van der Waals surface area contributed by atoms with E-state index in [4.69, 9.17) is 80.3 Å². The summed E-state index contributed by atoms with van der Waals surface area (Å²) in [5.74, 6) is 3.79. The van der Waals surface area contributed by atoms with Gasteiger partial charge in [0.05, 0.1) is 45.3 Å². The van der Waals surface area contributed by atoms with Crippen molar-refractivity contribution in [2.24, 2.45) is 5.92 Å². The first-order valence-electron chi connectivity index (χ1n) is 37.1. The second kappa shape index (κ2) is 77.6. The molecular weight excluding hydrogens is 2100 g/mol. The zero-order valence-electron chi connectivity index (χ0n) is 61.2. The molecule has 0 aromatic rings. The summed E-state index contributed by atoms with van der Waals surface area (Å²) in [6.45, 7) is 7.24. The van der Waals surface area contributed by atoms with Gasteiger partial charge in [-0.1, -0.05) is 76.4 Å². The van der Waals surface area contributed by atoms with Crippen molar-refractivity contribution in [3.63, 3.8) is 0 Å². The van der Waals surface area contributed by atoms with Crippen molar-refractivity contribution in [2.75, 3.05) is 31.4 Å². The fourth-order valence-electron chi connectivity index (χ4n) is 16.4. The molecule has 2 aliphatic heterocycles. The van der Waals surface area contributed by atoms with Crippen molar-refractivity contribution in [3.8, 4) is 0 Å². The van der Waals surface area contributed by atoms with E-state index in [1.165, 1.54) is 73.0 Å². The molecule has 10 rings (SSSR count). The molecule has 0 aromatic heterocycles. The van der Waals surface area contributed by atoms with Crippen molar-refractivity contribution >= 4 is 50.7 Å². The monoisotopic (exact) mass is 2250 g/mol. The summed E-state index contributed by atoms with van der Waals surface area (Å²) in [6.07, 6.45) is 63.5. The van der Waals surface area contributed by atoms with Crippen molar-refractivity contribution in [3.05, 3.63) is 34.6 Å². The summed E-state index contributed by atoms with van der Waals surface area (Å²) >= 11 is -0.549. The minimum absolute atomic E-state index is 0. The molecule has 0 atom stereocenters. The van der Waals surface area contributed by atoms with Crippen LogP contribution in [-0.2, 0) is 105 Å². The van der Waals surface area contributed by atoms with E-state index >= 15 is 0 Å². The average molecular weight is 2250 g/mol. The number of nitrogens with zero attached hydrogens (tertiary/aromatic N) is 2. The van der Waals surface area contributed by atoms with Gasteiger partial charge in [-0.3, -0.25) is 0 Å². The fraction of sp³-hybridized carbons (Fsp3) is 0.943. The van der Waals surface area contributed by atoms with Gasteiger partial charge in [-0.05, 0) is 239 Å². The summed E-state index contributed by atoms with van der Waals surface area (Å²) in [5.41, 5.74) is 10.4. The largest absolute Gasteiger partial charge is 0 e. The average Bonchev–Trinajstić information content (AvgIpc) is 0.823. The maximum atomic E-state index is 8.69. The molecule has 0 amide bonds. The first-order chi connectivity index (χ1) is 44.3. The van der Waals surface area contributed by atoms with Gasteiger partial charge in [-0.25, -0.2) is 0 Å². The minimum atomic E-state index is -1.35. The van der Waals surface area contributed by atoms with Gasteiger partial charge in [0.2, 0.25) is 0 Å². The zero-order valence-corrected chi connectivity index (χ0v) is 78.7. The van der Waals surface area contributed by atoms with Gasteiger partial charge >= 0.3 is 45.7 Å². The van der Waals surface area contributed by atoms with E-state index in [0.717, 1.165) is 25.9 Å². The standard InChI is InChI=1S/2C25H46P2.C6H12NO2.C6H8NO2.4C2H6O2.2ClH.4H2O.2Re.4Rh/c2*1-5-13-22(14-6-1)26(23-15-7-2-8-16-23)21-27(24-17-9-3-10-18-24)25-19-11-4-12-20-25;2*8-6(9)5-1-3-7-4-2-5;4*1-2(3)4;;;;;;;;;;;;/h2*22-25H,1-21H2;5-6,8-9H,1-4H2;1-3,6,8-9H,4H2;4*2-4H,1H3;2*1H;4*1H2;;;;;;/q;;2*-1;;;;;;;;;;;2*+1;;;;/p+2. The Bertz CT molecular complexity index is 1580. The molecule has 616 valence electrons. The van der Waals surface area contributed by atoms with Gasteiger partial charge in [0, 0.05) is 116 Å². The van der Waals surface area contributed by atoms with Crippen LogP contribution in [0.5, 0.6) is 0 Å². The van der Waals surface area contributed by atoms with Gasteiger partial charge < -0.3 is 93.8 Å². The SMILES string of the molecule is C1CCC([PH+](C[PH+](C2CCCCC2)C2CCCCC2)C2CCCCC2)CC1.C1CCC([PH+](C[PH+](C2CCCCC2)C2CCCCC2)C2CCCCC2)CC1.CC(O)O.CC(O)O.CC(O)O.CC(O)O.O.O.O.O.OC(O)C1=CC[N-]C=C1.OC(O)C1CC[N-]CC1.[Cl][Re]#[Re][Cl].[Rh].[Rh].[Rh].[Rh]. The van der Waals surface area contributed by atoms with Crippen LogP contribution in [0.1, 0.15) is 297 Å². The predicted octanol–water partition coefficient (Wildman–Crippen LogP) is 12.9. The second-order valence-corrected chi connectivity index (χ2v) is 63.7. The first-order valence-corrected chi connectivity index (χ1v) is 60.7. The Kier molecular flexibility index (Phi) is 91.6.